The predicted molar refractivity (Wildman–Crippen MR) is 110 cm³/mol. The molecule has 1 atom stereocenters. The van der Waals surface area contributed by atoms with Crippen molar-refractivity contribution < 1.29 is 14.3 Å². The lowest BCUT2D eigenvalue weighted by Crippen LogP contribution is -2.60. The van der Waals surface area contributed by atoms with E-state index in [-0.39, 0.29) is 17.7 Å². The van der Waals surface area contributed by atoms with Crippen LogP contribution in [-0.2, 0) is 22.9 Å². The van der Waals surface area contributed by atoms with E-state index >= 15 is 0 Å². The topological polar surface area (TPSA) is 55.7 Å². The van der Waals surface area contributed by atoms with Crippen molar-refractivity contribution >= 4 is 16.9 Å². The number of aromatic nitrogens is 1. The Morgan fingerprint density at radius 1 is 1.32 bits per heavy atom. The second kappa shape index (κ2) is 7.76. The summed E-state index contributed by atoms with van der Waals surface area (Å²) < 4.78 is 13.9. The molecule has 2 saturated heterocycles. The lowest BCUT2D eigenvalue weighted by molar-refractivity contribution is -0.175. The van der Waals surface area contributed by atoms with Crippen molar-refractivity contribution in [3.8, 4) is 0 Å². The van der Waals surface area contributed by atoms with Crippen LogP contribution < -0.4 is 5.32 Å². The molecule has 2 fully saturated rings. The quantitative estimate of drug-likeness (QED) is 0.884. The maximum absolute atomic E-state index is 12.8. The average molecular weight is 386 g/mol. The number of amides is 2. The Balaban J connectivity index is 1.37. The normalized spacial score (nSPS) is 22.0. The molecule has 1 unspecified atom stereocenters. The molecule has 1 N–H and O–H groups in total. The molecule has 6 nitrogen and oxygen atoms in total. The first kappa shape index (κ1) is 19.3. The van der Waals surface area contributed by atoms with Gasteiger partial charge in [0, 0.05) is 63.3 Å². The van der Waals surface area contributed by atoms with E-state index in [0.717, 1.165) is 19.3 Å². The molecule has 1 spiro atoms. The van der Waals surface area contributed by atoms with Crippen LogP contribution in [0.4, 0.5) is 4.79 Å². The van der Waals surface area contributed by atoms with Gasteiger partial charge in [0.2, 0.25) is 0 Å². The van der Waals surface area contributed by atoms with E-state index in [0.29, 0.717) is 32.8 Å². The molecular weight excluding hydrogens is 354 g/mol. The first-order valence-corrected chi connectivity index (χ1v) is 10.3. The Hall–Kier alpha value is -2.05. The molecule has 0 aliphatic carbocycles. The number of rotatable bonds is 3. The van der Waals surface area contributed by atoms with Gasteiger partial charge >= 0.3 is 6.03 Å². The van der Waals surface area contributed by atoms with Crippen LogP contribution in [0, 0.1) is 6.92 Å². The van der Waals surface area contributed by atoms with Crippen molar-refractivity contribution in [2.45, 2.75) is 44.8 Å². The lowest BCUT2D eigenvalue weighted by Gasteiger charge is -2.47. The van der Waals surface area contributed by atoms with Gasteiger partial charge in [0.15, 0.2) is 0 Å². The van der Waals surface area contributed by atoms with E-state index in [4.69, 9.17) is 9.47 Å². The molecule has 6 heteroatoms. The zero-order valence-corrected chi connectivity index (χ0v) is 17.2. The molecular formula is C22H31N3O3. The van der Waals surface area contributed by atoms with Gasteiger partial charge in [-0.25, -0.2) is 4.79 Å². The Morgan fingerprint density at radius 3 is 2.89 bits per heavy atom. The van der Waals surface area contributed by atoms with Crippen molar-refractivity contribution in [3.63, 3.8) is 0 Å². The zero-order valence-electron chi connectivity index (χ0n) is 17.2. The summed E-state index contributed by atoms with van der Waals surface area (Å²) in [4.78, 5) is 14.7. The fraction of sp³-hybridized carbons (Fsp3) is 0.591. The van der Waals surface area contributed by atoms with Crippen LogP contribution >= 0.6 is 0 Å². The van der Waals surface area contributed by atoms with Crippen molar-refractivity contribution in [2.24, 2.45) is 7.05 Å². The second-order valence-electron chi connectivity index (χ2n) is 8.37. The summed E-state index contributed by atoms with van der Waals surface area (Å²) in [7, 11) is 2.08. The van der Waals surface area contributed by atoms with Crippen molar-refractivity contribution in [1.29, 1.82) is 0 Å². The van der Waals surface area contributed by atoms with E-state index in [1.54, 1.807) is 0 Å². The maximum Gasteiger partial charge on any atom is 0.317 e. The third-order valence-corrected chi connectivity index (χ3v) is 6.00. The summed E-state index contributed by atoms with van der Waals surface area (Å²) in [6.45, 7) is 7.51. The number of urea groups is 1. The lowest BCUT2D eigenvalue weighted by atomic mass is 9.91. The zero-order chi connectivity index (χ0) is 19.7. The van der Waals surface area contributed by atoms with Gasteiger partial charge in [-0.05, 0) is 37.5 Å². The first-order chi connectivity index (χ1) is 13.5. The predicted octanol–water partition coefficient (Wildman–Crippen LogP) is 3.01. The maximum atomic E-state index is 12.8. The first-order valence-electron chi connectivity index (χ1n) is 10.3. The molecule has 0 radical (unpaired) electrons. The molecule has 1 aromatic heterocycles. The Bertz CT molecular complexity index is 854. The van der Waals surface area contributed by atoms with Gasteiger partial charge in [0.05, 0.1) is 18.2 Å². The number of ether oxygens (including phenoxy) is 2. The molecule has 0 bridgehead atoms. The highest BCUT2D eigenvalue weighted by molar-refractivity contribution is 5.84. The van der Waals surface area contributed by atoms with Crippen molar-refractivity contribution in [3.05, 3.63) is 35.5 Å². The minimum absolute atomic E-state index is 0.0112. The van der Waals surface area contributed by atoms with Gasteiger partial charge in [0.1, 0.15) is 0 Å². The van der Waals surface area contributed by atoms with Crippen LogP contribution in [-0.4, -0.2) is 60.1 Å². The van der Waals surface area contributed by atoms with E-state index in [1.165, 1.54) is 22.0 Å². The molecule has 1 aromatic carbocycles. The average Bonchev–Trinajstić information content (AvgIpc) is 2.97. The number of carbonyl (C=O) groups excluding carboxylic acids is 1. The van der Waals surface area contributed by atoms with E-state index in [2.05, 4.69) is 55.2 Å². The minimum Gasteiger partial charge on any atom is -0.381 e. The van der Waals surface area contributed by atoms with Gasteiger partial charge in [-0.2, -0.15) is 0 Å². The highest BCUT2D eigenvalue weighted by Gasteiger charge is 2.42. The summed E-state index contributed by atoms with van der Waals surface area (Å²) in [5, 5.41) is 4.39. The number of nitrogens with zero attached hydrogens (tertiary/aromatic N) is 2. The van der Waals surface area contributed by atoms with Crippen LogP contribution in [0.5, 0.6) is 0 Å². The van der Waals surface area contributed by atoms with E-state index < -0.39 is 0 Å². The second-order valence-corrected chi connectivity index (χ2v) is 8.37. The fourth-order valence-corrected chi connectivity index (χ4v) is 4.59. The van der Waals surface area contributed by atoms with Gasteiger partial charge in [-0.1, -0.05) is 12.1 Å². The molecule has 2 aliphatic heterocycles. The molecule has 3 heterocycles. The summed E-state index contributed by atoms with van der Waals surface area (Å²) >= 11 is 0. The van der Waals surface area contributed by atoms with E-state index in [1.807, 2.05) is 4.90 Å². The van der Waals surface area contributed by atoms with Gasteiger partial charge < -0.3 is 24.3 Å². The standard InChI is InChI=1S/C22H31N3O3/c1-16-4-5-19-18(14-24(3)20(19)12-16)6-9-23-21(26)25-13-17(2)28-22(15-25)7-10-27-11-8-22/h4-5,12,14,17H,6-11,13,15H2,1-3H3,(H,23,26). The number of aryl methyl sites for hydroxylation is 2. The highest BCUT2D eigenvalue weighted by Crippen LogP contribution is 2.31. The molecule has 28 heavy (non-hydrogen) atoms. The molecule has 0 saturated carbocycles. The Morgan fingerprint density at radius 2 is 2.11 bits per heavy atom. The van der Waals surface area contributed by atoms with Crippen LogP contribution in [0.15, 0.2) is 24.4 Å². The fourth-order valence-electron chi connectivity index (χ4n) is 4.59. The number of carbonyl (C=O) groups is 1. The van der Waals surface area contributed by atoms with Crippen LogP contribution in [0.1, 0.15) is 30.9 Å². The third-order valence-electron chi connectivity index (χ3n) is 6.00. The molecule has 2 aromatic rings. The summed E-state index contributed by atoms with van der Waals surface area (Å²) in [6, 6.07) is 6.55. The van der Waals surface area contributed by atoms with E-state index in [9.17, 15) is 4.79 Å². The third kappa shape index (κ3) is 3.89. The Kier molecular flexibility index (Phi) is 5.34. The monoisotopic (exact) mass is 385 g/mol. The Labute approximate surface area is 166 Å². The molecule has 2 aliphatic rings. The SMILES string of the molecule is Cc1ccc2c(CCNC(=O)N3CC(C)OC4(CCOCC4)C3)cn(C)c2c1. The minimum atomic E-state index is -0.235. The van der Waals surface area contributed by atoms with Crippen molar-refractivity contribution in [2.75, 3.05) is 32.8 Å². The number of hydrogen-bond acceptors (Lipinski definition) is 3. The highest BCUT2D eigenvalue weighted by atomic mass is 16.5. The van der Waals surface area contributed by atoms with Crippen molar-refractivity contribution in [1.82, 2.24) is 14.8 Å². The number of nitrogens with one attached hydrogen (secondary N) is 1. The van der Waals surface area contributed by atoms with Gasteiger partial charge in [-0.15, -0.1) is 0 Å². The smallest absolute Gasteiger partial charge is 0.317 e. The number of benzene rings is 1. The summed E-state index contributed by atoms with van der Waals surface area (Å²) in [5.74, 6) is 0. The molecule has 2 amide bonds. The number of fused-ring (bicyclic) bond motifs is 1. The summed E-state index contributed by atoms with van der Waals surface area (Å²) in [6.07, 6.45) is 4.77. The summed E-state index contributed by atoms with van der Waals surface area (Å²) in [5.41, 5.74) is 3.54. The largest absolute Gasteiger partial charge is 0.381 e. The van der Waals surface area contributed by atoms with Crippen LogP contribution in [0.2, 0.25) is 0 Å². The van der Waals surface area contributed by atoms with Gasteiger partial charge in [-0.3, -0.25) is 0 Å². The number of morpholine rings is 1. The van der Waals surface area contributed by atoms with Gasteiger partial charge in [0.25, 0.3) is 0 Å². The molecule has 152 valence electrons. The molecule has 4 rings (SSSR count). The number of hydrogen-bond donors (Lipinski definition) is 1. The van der Waals surface area contributed by atoms with Crippen LogP contribution in [0.3, 0.4) is 0 Å². The van der Waals surface area contributed by atoms with Crippen LogP contribution in [0.25, 0.3) is 10.9 Å².